The van der Waals surface area contributed by atoms with E-state index in [9.17, 15) is 12.8 Å². The fourth-order valence-corrected chi connectivity index (χ4v) is 8.62. The summed E-state index contributed by atoms with van der Waals surface area (Å²) in [5, 5.41) is 1.27. The number of anilines is 2. The Morgan fingerprint density at radius 2 is 1.23 bits per heavy atom. The van der Waals surface area contributed by atoms with E-state index in [4.69, 9.17) is 44.6 Å². The number of pyridine rings is 2. The minimum atomic E-state index is -3.99. The van der Waals surface area contributed by atoms with Gasteiger partial charge >= 0.3 is 0 Å². The van der Waals surface area contributed by atoms with Crippen molar-refractivity contribution >= 4 is 43.2 Å². The molecule has 3 heterocycles. The fourth-order valence-electron chi connectivity index (χ4n) is 7.53. The number of fused-ring (bicyclic) bond motifs is 2. The summed E-state index contributed by atoms with van der Waals surface area (Å²) in [6.07, 6.45) is 3.88. The zero-order valence-electron chi connectivity index (χ0n) is 39.0. The molecule has 9 rings (SSSR count). The Hall–Kier alpha value is -7.77. The van der Waals surface area contributed by atoms with E-state index in [1.54, 1.807) is 81.2 Å². The number of nitrogens with zero attached hydrogens (tertiary/aromatic N) is 3. The summed E-state index contributed by atoms with van der Waals surface area (Å²) < 4.78 is 97.9. The lowest BCUT2D eigenvalue weighted by molar-refractivity contribution is 0.0321. The summed E-state index contributed by atoms with van der Waals surface area (Å²) in [7, 11) is -0.891. The second kappa shape index (κ2) is 23.2. The summed E-state index contributed by atoms with van der Waals surface area (Å²) in [4.78, 5) is 11.1. The van der Waals surface area contributed by atoms with Crippen LogP contribution in [-0.4, -0.2) is 90.1 Å². The van der Waals surface area contributed by atoms with E-state index in [2.05, 4.69) is 19.6 Å². The van der Waals surface area contributed by atoms with Gasteiger partial charge in [0.15, 0.2) is 46.1 Å². The van der Waals surface area contributed by atoms with E-state index in [0.29, 0.717) is 95.0 Å². The minimum Gasteiger partial charge on any atom is -0.493 e. The van der Waals surface area contributed by atoms with Crippen LogP contribution >= 0.6 is 0 Å². The Labute approximate surface area is 409 Å². The molecule has 0 bridgehead atoms. The number of sulfonamides is 1. The zero-order valence-corrected chi connectivity index (χ0v) is 39.8. The number of benzene rings is 6. The molecule has 0 saturated carbocycles. The SMILES string of the molecule is COc1cc2c(Oc3ccc(N)cc3F)ccnc2cc1OCCCN.COc1cc2c(Oc3ccc(NS(=O)(=O)c4cccc(-c5ccccc5)c4)cc3F)ccnc2cc1OCCN1CCOCC1. The van der Waals surface area contributed by atoms with Gasteiger partial charge in [-0.2, -0.15) is 0 Å². The topological polar surface area (TPSA) is 192 Å². The van der Waals surface area contributed by atoms with Crippen LogP contribution in [0.5, 0.6) is 46.0 Å². The predicted molar refractivity (Wildman–Crippen MR) is 269 cm³/mol. The third-order valence-corrected chi connectivity index (χ3v) is 12.6. The summed E-state index contributed by atoms with van der Waals surface area (Å²) in [5.74, 6) is 1.64. The van der Waals surface area contributed by atoms with Gasteiger partial charge in [-0.1, -0.05) is 42.5 Å². The second-order valence-corrected chi connectivity index (χ2v) is 17.7. The highest BCUT2D eigenvalue weighted by Crippen LogP contribution is 2.40. The molecule has 1 saturated heterocycles. The standard InChI is InChI=1S/C34H32FN3O6S.C19H20FN3O3/c1-41-33-22-28-30(23-34(33)43-19-16-38-14-17-42-18-15-38)36-13-12-31(28)44-32-11-10-26(21-29(32)35)37-45(39,40)27-9-5-8-25(20-27)24-6-3-2-4-7-24;1-24-18-10-13-15(11-19(18)25-8-2-6-21)23-7-5-16(13)26-17-4-3-12(22)9-14(17)20/h2-13,20-23,37H,14-19H2,1H3;3-5,7,9-11H,2,6,8,21-22H2,1H3. The first-order chi connectivity index (χ1) is 34.5. The average molecular weight is 987 g/mol. The predicted octanol–water partition coefficient (Wildman–Crippen LogP) is 9.84. The number of nitrogens with one attached hydrogen (secondary N) is 1. The molecule has 0 aliphatic carbocycles. The smallest absolute Gasteiger partial charge is 0.261 e. The molecule has 0 spiro atoms. The molecule has 1 aliphatic rings. The minimum absolute atomic E-state index is 0.0603. The van der Waals surface area contributed by atoms with Gasteiger partial charge in [-0.05, 0) is 84.8 Å². The van der Waals surface area contributed by atoms with E-state index in [-0.39, 0.29) is 22.1 Å². The quantitative estimate of drug-likeness (QED) is 0.0544. The number of morpholine rings is 1. The van der Waals surface area contributed by atoms with Crippen molar-refractivity contribution in [2.45, 2.75) is 11.3 Å². The molecule has 0 atom stereocenters. The van der Waals surface area contributed by atoms with E-state index < -0.39 is 21.7 Å². The Kier molecular flexibility index (Phi) is 16.2. The van der Waals surface area contributed by atoms with Gasteiger partial charge in [0.2, 0.25) is 0 Å². The summed E-state index contributed by atoms with van der Waals surface area (Å²) in [6, 6.07) is 34.5. The number of ether oxygens (including phenoxy) is 7. The molecule has 0 amide bonds. The molecule has 0 unspecified atom stereocenters. The normalized spacial score (nSPS) is 12.7. The number of halogens is 2. The average Bonchev–Trinajstić information content (AvgIpc) is 3.38. The molecule has 15 nitrogen and oxygen atoms in total. The third kappa shape index (κ3) is 12.5. The van der Waals surface area contributed by atoms with E-state index in [0.717, 1.165) is 43.2 Å². The van der Waals surface area contributed by atoms with E-state index in [1.807, 2.05) is 36.4 Å². The summed E-state index contributed by atoms with van der Waals surface area (Å²) >= 11 is 0. The number of nitrogen functional groups attached to an aromatic ring is 1. The molecular formula is C53H52F2N6O9S. The molecule has 6 aromatic carbocycles. The van der Waals surface area contributed by atoms with E-state index >= 15 is 4.39 Å². The Morgan fingerprint density at radius 3 is 1.82 bits per heavy atom. The van der Waals surface area contributed by atoms with Crippen LogP contribution < -0.4 is 44.6 Å². The zero-order chi connectivity index (χ0) is 49.7. The van der Waals surface area contributed by atoms with Crippen LogP contribution in [0.1, 0.15) is 6.42 Å². The van der Waals surface area contributed by atoms with Crippen molar-refractivity contribution in [3.05, 3.63) is 151 Å². The number of nitrogens with two attached hydrogens (primary N) is 2. The number of hydrogen-bond acceptors (Lipinski definition) is 14. The number of rotatable bonds is 18. The Morgan fingerprint density at radius 1 is 0.634 bits per heavy atom. The van der Waals surface area contributed by atoms with Crippen molar-refractivity contribution in [2.75, 3.05) is 77.3 Å². The van der Waals surface area contributed by atoms with Crippen LogP contribution in [0.3, 0.4) is 0 Å². The summed E-state index contributed by atoms with van der Waals surface area (Å²) in [6.45, 7) is 5.41. The highest BCUT2D eigenvalue weighted by atomic mass is 32.2. The molecule has 1 aliphatic heterocycles. The van der Waals surface area contributed by atoms with Crippen LogP contribution in [0.15, 0.2) is 145 Å². The van der Waals surface area contributed by atoms with Crippen LogP contribution in [0, 0.1) is 11.6 Å². The van der Waals surface area contributed by atoms with Crippen molar-refractivity contribution in [3.63, 3.8) is 0 Å². The van der Waals surface area contributed by atoms with Crippen molar-refractivity contribution in [1.29, 1.82) is 0 Å². The van der Waals surface area contributed by atoms with Crippen molar-refractivity contribution in [1.82, 2.24) is 14.9 Å². The Bertz CT molecular complexity index is 3220. The molecule has 18 heteroatoms. The lowest BCUT2D eigenvalue weighted by Gasteiger charge is -2.26. The first-order valence-electron chi connectivity index (χ1n) is 22.6. The molecule has 2 aromatic heterocycles. The first kappa shape index (κ1) is 49.6. The van der Waals surface area contributed by atoms with Gasteiger partial charge in [-0.3, -0.25) is 19.6 Å². The first-order valence-corrected chi connectivity index (χ1v) is 24.1. The monoisotopic (exact) mass is 986 g/mol. The molecule has 8 aromatic rings. The third-order valence-electron chi connectivity index (χ3n) is 11.2. The Balaban J connectivity index is 0.000000221. The number of hydrogen-bond donors (Lipinski definition) is 3. The van der Waals surface area contributed by atoms with Crippen molar-refractivity contribution < 1.29 is 50.4 Å². The van der Waals surface area contributed by atoms with Gasteiger partial charge in [-0.25, -0.2) is 17.2 Å². The largest absolute Gasteiger partial charge is 0.493 e. The van der Waals surface area contributed by atoms with Gasteiger partial charge < -0.3 is 44.6 Å². The number of aromatic nitrogens is 2. The highest BCUT2D eigenvalue weighted by molar-refractivity contribution is 7.92. The van der Waals surface area contributed by atoms with Crippen LogP contribution in [0.4, 0.5) is 20.2 Å². The highest BCUT2D eigenvalue weighted by Gasteiger charge is 2.19. The fraction of sp³-hybridized carbons (Fsp3) is 0.208. The van der Waals surface area contributed by atoms with Crippen LogP contribution in [-0.2, 0) is 14.8 Å². The molecule has 5 N–H and O–H groups in total. The maximum Gasteiger partial charge on any atom is 0.261 e. The van der Waals surface area contributed by atoms with E-state index in [1.165, 1.54) is 30.3 Å². The van der Waals surface area contributed by atoms with Gasteiger partial charge in [0, 0.05) is 72.8 Å². The van der Waals surface area contributed by atoms with Gasteiger partial charge in [0.1, 0.15) is 18.1 Å². The lowest BCUT2D eigenvalue weighted by Crippen LogP contribution is -2.38. The molecule has 1 fully saturated rings. The molecule has 71 heavy (non-hydrogen) atoms. The van der Waals surface area contributed by atoms with Crippen molar-refractivity contribution in [2.24, 2.45) is 5.73 Å². The molecular weight excluding hydrogens is 935 g/mol. The van der Waals surface area contributed by atoms with Gasteiger partial charge in [0.05, 0.1) is 55.7 Å². The maximum atomic E-state index is 15.3. The number of methoxy groups -OCH3 is 2. The van der Waals surface area contributed by atoms with Gasteiger partial charge in [-0.15, -0.1) is 0 Å². The maximum absolute atomic E-state index is 15.3. The van der Waals surface area contributed by atoms with Gasteiger partial charge in [0.25, 0.3) is 10.0 Å². The van der Waals surface area contributed by atoms with Crippen LogP contribution in [0.2, 0.25) is 0 Å². The van der Waals surface area contributed by atoms with Crippen molar-refractivity contribution in [3.8, 4) is 57.1 Å². The molecule has 368 valence electrons. The summed E-state index contributed by atoms with van der Waals surface area (Å²) in [5.41, 5.74) is 14.3. The lowest BCUT2D eigenvalue weighted by atomic mass is 10.1. The molecule has 0 radical (unpaired) electrons. The van der Waals surface area contributed by atoms with Crippen LogP contribution in [0.25, 0.3) is 32.9 Å². The second-order valence-electron chi connectivity index (χ2n) is 16.0.